The summed E-state index contributed by atoms with van der Waals surface area (Å²) < 4.78 is 38.5. The number of nitrogens with zero attached hydrogens (tertiary/aromatic N) is 1. The predicted molar refractivity (Wildman–Crippen MR) is 117 cm³/mol. The maximum atomic E-state index is 12.9. The van der Waals surface area contributed by atoms with E-state index in [-0.39, 0.29) is 28.2 Å². The number of esters is 1. The number of benzene rings is 2. The summed E-state index contributed by atoms with van der Waals surface area (Å²) in [6, 6.07) is 11.9. The summed E-state index contributed by atoms with van der Waals surface area (Å²) in [6.45, 7) is 2.54. The van der Waals surface area contributed by atoms with E-state index in [1.54, 1.807) is 4.90 Å². The standard InChI is InChI=1S/C23H26N2O6S/c1-15(22(26)25-12-11-16-5-3-4-6-18(16)14-25)31-23(27)17-7-10-20(30-2)21(13-17)32(28,29)24-19-8-9-19/h3-7,10,13,15,19,24H,8-9,11-12,14H2,1-2H3. The van der Waals surface area contributed by atoms with E-state index in [2.05, 4.69) is 4.72 Å². The first-order chi connectivity index (χ1) is 15.3. The van der Waals surface area contributed by atoms with Gasteiger partial charge in [-0.15, -0.1) is 0 Å². The molecule has 2 aromatic carbocycles. The SMILES string of the molecule is COc1ccc(C(=O)OC(C)C(=O)N2CCc3ccccc3C2)cc1S(=O)(=O)NC1CC1. The highest BCUT2D eigenvalue weighted by Gasteiger charge is 2.31. The summed E-state index contributed by atoms with van der Waals surface area (Å²) in [5, 5.41) is 0. The number of methoxy groups -OCH3 is 1. The number of hydrogen-bond acceptors (Lipinski definition) is 6. The topological polar surface area (TPSA) is 102 Å². The van der Waals surface area contributed by atoms with Crippen molar-refractivity contribution in [1.82, 2.24) is 9.62 Å². The van der Waals surface area contributed by atoms with Crippen molar-refractivity contribution in [3.63, 3.8) is 0 Å². The number of nitrogens with one attached hydrogen (secondary N) is 1. The van der Waals surface area contributed by atoms with Crippen molar-refractivity contribution in [2.75, 3.05) is 13.7 Å². The molecule has 0 saturated heterocycles. The number of ether oxygens (including phenoxy) is 2. The first kappa shape index (κ1) is 22.3. The van der Waals surface area contributed by atoms with Crippen LogP contribution in [0, 0.1) is 0 Å². The van der Waals surface area contributed by atoms with E-state index < -0.39 is 22.1 Å². The Morgan fingerprint density at radius 2 is 1.84 bits per heavy atom. The van der Waals surface area contributed by atoms with Gasteiger partial charge in [0.25, 0.3) is 5.91 Å². The second-order valence-electron chi connectivity index (χ2n) is 8.09. The largest absolute Gasteiger partial charge is 0.495 e. The Bertz CT molecular complexity index is 1140. The second-order valence-corrected chi connectivity index (χ2v) is 9.77. The highest BCUT2D eigenvalue weighted by Crippen LogP contribution is 2.29. The molecular formula is C23H26N2O6S. The fourth-order valence-corrected chi connectivity index (χ4v) is 5.22. The molecule has 1 atom stereocenters. The fraction of sp³-hybridized carbons (Fsp3) is 0.391. The van der Waals surface area contributed by atoms with E-state index in [1.807, 2.05) is 24.3 Å². The van der Waals surface area contributed by atoms with Crippen LogP contribution < -0.4 is 9.46 Å². The van der Waals surface area contributed by atoms with Crippen LogP contribution in [0.15, 0.2) is 47.4 Å². The molecule has 0 bridgehead atoms. The molecular weight excluding hydrogens is 432 g/mol. The van der Waals surface area contributed by atoms with Crippen molar-refractivity contribution in [2.24, 2.45) is 0 Å². The monoisotopic (exact) mass is 458 g/mol. The normalized spacial score (nSPS) is 16.8. The summed E-state index contributed by atoms with van der Waals surface area (Å²) >= 11 is 0. The molecule has 1 amide bonds. The quantitative estimate of drug-likeness (QED) is 0.639. The first-order valence-corrected chi connectivity index (χ1v) is 12.0. The lowest BCUT2D eigenvalue weighted by atomic mass is 9.99. The molecule has 170 valence electrons. The third-order valence-electron chi connectivity index (χ3n) is 5.66. The number of carbonyl (C=O) groups excluding carboxylic acids is 2. The van der Waals surface area contributed by atoms with Gasteiger partial charge in [0.2, 0.25) is 10.0 Å². The van der Waals surface area contributed by atoms with Gasteiger partial charge in [-0.05, 0) is 55.5 Å². The zero-order valence-electron chi connectivity index (χ0n) is 18.0. The number of hydrogen-bond donors (Lipinski definition) is 1. The fourth-order valence-electron chi connectivity index (χ4n) is 3.72. The lowest BCUT2D eigenvalue weighted by Gasteiger charge is -2.30. The molecule has 1 aliphatic carbocycles. The minimum atomic E-state index is -3.84. The number of rotatable bonds is 7. The highest BCUT2D eigenvalue weighted by atomic mass is 32.2. The molecule has 32 heavy (non-hydrogen) atoms. The Morgan fingerprint density at radius 3 is 2.53 bits per heavy atom. The van der Waals surface area contributed by atoms with Crippen LogP contribution in [0.5, 0.6) is 5.75 Å². The van der Waals surface area contributed by atoms with Gasteiger partial charge < -0.3 is 14.4 Å². The van der Waals surface area contributed by atoms with E-state index in [4.69, 9.17) is 9.47 Å². The van der Waals surface area contributed by atoms with Crippen molar-refractivity contribution in [1.29, 1.82) is 0 Å². The first-order valence-electron chi connectivity index (χ1n) is 10.6. The van der Waals surface area contributed by atoms with E-state index in [0.717, 1.165) is 24.8 Å². The van der Waals surface area contributed by atoms with Gasteiger partial charge in [0.15, 0.2) is 6.10 Å². The van der Waals surface area contributed by atoms with Crippen LogP contribution >= 0.6 is 0 Å². The molecule has 8 nitrogen and oxygen atoms in total. The van der Waals surface area contributed by atoms with Crippen LogP contribution in [-0.4, -0.2) is 51.0 Å². The van der Waals surface area contributed by atoms with Crippen LogP contribution in [0.4, 0.5) is 0 Å². The molecule has 0 radical (unpaired) electrons. The summed E-state index contributed by atoms with van der Waals surface area (Å²) in [4.78, 5) is 27.1. The molecule has 4 rings (SSSR count). The zero-order valence-corrected chi connectivity index (χ0v) is 18.9. The van der Waals surface area contributed by atoms with Gasteiger partial charge in [0.05, 0.1) is 12.7 Å². The van der Waals surface area contributed by atoms with Crippen molar-refractivity contribution in [3.8, 4) is 5.75 Å². The average Bonchev–Trinajstić information content (AvgIpc) is 3.61. The van der Waals surface area contributed by atoms with Gasteiger partial charge in [-0.2, -0.15) is 0 Å². The van der Waals surface area contributed by atoms with Crippen molar-refractivity contribution in [2.45, 2.75) is 49.8 Å². The molecule has 2 aliphatic rings. The van der Waals surface area contributed by atoms with Gasteiger partial charge in [-0.3, -0.25) is 4.79 Å². The minimum absolute atomic E-state index is 0.0330. The summed E-state index contributed by atoms with van der Waals surface area (Å²) in [5.41, 5.74) is 2.33. The number of carbonyl (C=O) groups is 2. The lowest BCUT2D eigenvalue weighted by molar-refractivity contribution is -0.140. The summed E-state index contributed by atoms with van der Waals surface area (Å²) in [7, 11) is -2.48. The van der Waals surface area contributed by atoms with Crippen LogP contribution in [0.25, 0.3) is 0 Å². The lowest BCUT2D eigenvalue weighted by Crippen LogP contribution is -2.42. The van der Waals surface area contributed by atoms with Crippen molar-refractivity contribution >= 4 is 21.9 Å². The molecule has 1 N–H and O–H groups in total. The maximum Gasteiger partial charge on any atom is 0.338 e. The molecule has 1 saturated carbocycles. The maximum absolute atomic E-state index is 12.9. The Labute approximate surface area is 187 Å². The van der Waals surface area contributed by atoms with E-state index in [9.17, 15) is 18.0 Å². The Morgan fingerprint density at radius 1 is 1.12 bits per heavy atom. The second kappa shape index (κ2) is 8.91. The molecule has 1 fully saturated rings. The van der Waals surface area contributed by atoms with Gasteiger partial charge in [-0.1, -0.05) is 24.3 Å². The molecule has 9 heteroatoms. The van der Waals surface area contributed by atoms with E-state index in [1.165, 1.54) is 37.8 Å². The van der Waals surface area contributed by atoms with Crippen molar-refractivity contribution in [3.05, 3.63) is 59.2 Å². The third kappa shape index (κ3) is 4.78. The minimum Gasteiger partial charge on any atom is -0.495 e. The molecule has 2 aromatic rings. The third-order valence-corrected chi connectivity index (χ3v) is 7.20. The molecule has 1 aliphatic heterocycles. The molecule has 1 unspecified atom stereocenters. The van der Waals surface area contributed by atoms with Gasteiger partial charge in [0.1, 0.15) is 10.6 Å². The smallest absolute Gasteiger partial charge is 0.338 e. The predicted octanol–water partition coefficient (Wildman–Crippen LogP) is 2.27. The summed E-state index contributed by atoms with van der Waals surface area (Å²) in [6.07, 6.45) is 1.31. The molecule has 0 aromatic heterocycles. The van der Waals surface area contributed by atoms with Crippen molar-refractivity contribution < 1.29 is 27.5 Å². The van der Waals surface area contributed by atoms with Gasteiger partial charge in [-0.25, -0.2) is 17.9 Å². The highest BCUT2D eigenvalue weighted by molar-refractivity contribution is 7.89. The summed E-state index contributed by atoms with van der Waals surface area (Å²) in [5.74, 6) is -0.927. The van der Waals surface area contributed by atoms with Crippen LogP contribution in [-0.2, 0) is 32.5 Å². The Balaban J connectivity index is 1.46. The number of sulfonamides is 1. The zero-order chi connectivity index (χ0) is 22.9. The van der Waals surface area contributed by atoms with E-state index >= 15 is 0 Å². The van der Waals surface area contributed by atoms with Gasteiger partial charge >= 0.3 is 5.97 Å². The molecule has 0 spiro atoms. The number of amides is 1. The van der Waals surface area contributed by atoms with Crippen LogP contribution in [0.1, 0.15) is 41.3 Å². The van der Waals surface area contributed by atoms with E-state index in [0.29, 0.717) is 13.1 Å². The van der Waals surface area contributed by atoms with Gasteiger partial charge in [0, 0.05) is 19.1 Å². The Hall–Kier alpha value is -2.91. The average molecular weight is 459 g/mol. The Kier molecular flexibility index (Phi) is 6.21. The molecule has 1 heterocycles. The van der Waals surface area contributed by atoms with Crippen LogP contribution in [0.3, 0.4) is 0 Å². The van der Waals surface area contributed by atoms with Crippen LogP contribution in [0.2, 0.25) is 0 Å². The number of fused-ring (bicyclic) bond motifs is 1.